The van der Waals surface area contributed by atoms with Gasteiger partial charge in [-0.3, -0.25) is 4.79 Å². The second-order valence-corrected chi connectivity index (χ2v) is 8.84. The summed E-state index contributed by atoms with van der Waals surface area (Å²) in [6.45, 7) is 3.10. The molecule has 0 saturated heterocycles. The van der Waals surface area contributed by atoms with E-state index in [1.54, 1.807) is 13.3 Å². The van der Waals surface area contributed by atoms with Crippen molar-refractivity contribution in [2.45, 2.75) is 6.29 Å². The molecule has 121 valence electrons. The van der Waals surface area contributed by atoms with Gasteiger partial charge in [0.25, 0.3) is 0 Å². The number of benzene rings is 1. The number of nitrogens with zero attached hydrogens (tertiary/aromatic N) is 2. The smallest absolute Gasteiger partial charge is 0.341 e. The Labute approximate surface area is 157 Å². The second-order valence-electron chi connectivity index (χ2n) is 5.41. The largest absolute Gasteiger partial charge is 0.684 e. The minimum atomic E-state index is -2.55. The van der Waals surface area contributed by atoms with E-state index in [0.29, 0.717) is 5.52 Å². The number of aromatic nitrogens is 1. The first-order valence-electron chi connectivity index (χ1n) is 6.38. The zero-order valence-corrected chi connectivity index (χ0v) is 16.6. The molecule has 2 rings (SSSR count). The summed E-state index contributed by atoms with van der Waals surface area (Å²) >= 11 is 0. The third kappa shape index (κ3) is 4.28. The van der Waals surface area contributed by atoms with Gasteiger partial charge in [-0.15, -0.1) is 12.7 Å². The van der Waals surface area contributed by atoms with Crippen LogP contribution < -0.4 is 5.43 Å². The molecule has 2 aromatic rings. The Morgan fingerprint density at radius 3 is 2.48 bits per heavy atom. The van der Waals surface area contributed by atoms with Gasteiger partial charge in [0.15, 0.2) is 0 Å². The van der Waals surface area contributed by atoms with Crippen molar-refractivity contribution in [3.05, 3.63) is 45.3 Å². The number of carbonyl (C=O) groups is 1. The maximum Gasteiger partial charge on any atom is 0.341 e. The Bertz CT molecular complexity index is 875. The number of halogens is 1. The van der Waals surface area contributed by atoms with Crippen LogP contribution in [0.5, 0.6) is 0 Å². The molecule has 0 aliphatic rings. The predicted molar refractivity (Wildman–Crippen MR) is 83.5 cm³/mol. The van der Waals surface area contributed by atoms with Gasteiger partial charge in [0.05, 0.1) is 11.8 Å². The van der Waals surface area contributed by atoms with Crippen LogP contribution in [-0.4, -0.2) is 36.0 Å². The fraction of sp³-hybridized carbons (Fsp3) is 0.286. The number of pyridine rings is 1. The van der Waals surface area contributed by atoms with E-state index in [2.05, 4.69) is 5.32 Å². The standard InChI is InChI=1S/C14H16FN2O4P.Y/c1-16-11-5-12-8(4-10(11)15)13(18)9(14(19)20)6-17(12)7-22(2,3)21;/h4-6H,7H2,1-3H3,(H2,16,18,19,20);/p-1. The average Bonchev–Trinajstić information content (AvgIpc) is 2.39. The molecule has 1 aromatic carbocycles. The molecule has 0 amide bonds. The van der Waals surface area contributed by atoms with Crippen molar-refractivity contribution in [2.75, 3.05) is 20.4 Å². The fourth-order valence-corrected chi connectivity index (χ4v) is 3.17. The predicted octanol–water partition coefficient (Wildman–Crippen LogP) is 3.05. The summed E-state index contributed by atoms with van der Waals surface area (Å²) in [5, 5.41) is 12.8. The van der Waals surface area contributed by atoms with Crippen LogP contribution in [0, 0.1) is 5.82 Å². The minimum absolute atomic E-state index is 0. The quantitative estimate of drug-likeness (QED) is 0.779. The van der Waals surface area contributed by atoms with E-state index in [-0.39, 0.29) is 50.1 Å². The Hall–Kier alpha value is -1.04. The van der Waals surface area contributed by atoms with Crippen LogP contribution in [-0.2, 0) is 43.6 Å². The molecular weight excluding hydrogens is 399 g/mol. The molecule has 0 bridgehead atoms. The van der Waals surface area contributed by atoms with Gasteiger partial charge >= 0.3 is 5.97 Å². The Balaban J connectivity index is 0.00000264. The number of aromatic carboxylic acids is 1. The topological polar surface area (TPSA) is 90.5 Å². The Morgan fingerprint density at radius 2 is 2.00 bits per heavy atom. The molecule has 6 nitrogen and oxygen atoms in total. The van der Waals surface area contributed by atoms with E-state index < -0.39 is 29.9 Å². The van der Waals surface area contributed by atoms with Crippen molar-refractivity contribution in [1.29, 1.82) is 0 Å². The van der Waals surface area contributed by atoms with Crippen LogP contribution in [0.3, 0.4) is 0 Å². The first kappa shape index (κ1) is 20.0. The first-order chi connectivity index (χ1) is 10.1. The van der Waals surface area contributed by atoms with Gasteiger partial charge in [-0.25, -0.2) is 9.18 Å². The molecular formula is C14H15FN2O4PY-. The van der Waals surface area contributed by atoms with Gasteiger partial charge in [-0.2, -0.15) is 0 Å². The van der Waals surface area contributed by atoms with Gasteiger partial charge in [-0.05, 0) is 25.5 Å². The summed E-state index contributed by atoms with van der Waals surface area (Å²) in [7, 11) is -1.14. The van der Waals surface area contributed by atoms with Crippen LogP contribution in [0.4, 0.5) is 10.1 Å². The van der Waals surface area contributed by atoms with Gasteiger partial charge in [0.2, 0.25) is 5.43 Å². The van der Waals surface area contributed by atoms with Gasteiger partial charge in [0, 0.05) is 44.3 Å². The SMILES string of the molecule is C[N-]c1cc2c(cc1F)c(=O)c(C(=O)O)cn2CP(C)(C)=O.[Y]. The molecule has 0 saturated carbocycles. The monoisotopic (exact) mass is 414 g/mol. The summed E-state index contributed by atoms with van der Waals surface area (Å²) in [6, 6.07) is 2.33. The average molecular weight is 414 g/mol. The van der Waals surface area contributed by atoms with E-state index >= 15 is 0 Å². The van der Waals surface area contributed by atoms with Crippen LogP contribution in [0.25, 0.3) is 16.2 Å². The van der Waals surface area contributed by atoms with Crippen LogP contribution >= 0.6 is 7.14 Å². The summed E-state index contributed by atoms with van der Waals surface area (Å²) in [6.07, 6.45) is 1.18. The van der Waals surface area contributed by atoms with Gasteiger partial charge in [-0.1, -0.05) is 0 Å². The first-order valence-corrected chi connectivity index (χ1v) is 9.16. The van der Waals surface area contributed by atoms with Gasteiger partial charge in [0.1, 0.15) is 18.5 Å². The molecule has 0 fully saturated rings. The zero-order valence-electron chi connectivity index (χ0n) is 12.9. The molecule has 0 atom stereocenters. The summed E-state index contributed by atoms with van der Waals surface area (Å²) in [5.74, 6) is -2.12. The molecule has 0 unspecified atom stereocenters. The molecule has 9 heteroatoms. The maximum atomic E-state index is 13.9. The summed E-state index contributed by atoms with van der Waals surface area (Å²) in [5.41, 5.74) is -0.907. The third-order valence-corrected chi connectivity index (χ3v) is 4.10. The maximum absolute atomic E-state index is 13.9. The van der Waals surface area contributed by atoms with Crippen molar-refractivity contribution in [3.63, 3.8) is 0 Å². The van der Waals surface area contributed by atoms with Crippen molar-refractivity contribution in [1.82, 2.24) is 4.57 Å². The summed E-state index contributed by atoms with van der Waals surface area (Å²) in [4.78, 5) is 23.4. The van der Waals surface area contributed by atoms with E-state index in [9.17, 15) is 18.5 Å². The Morgan fingerprint density at radius 1 is 1.39 bits per heavy atom. The molecule has 0 aliphatic heterocycles. The molecule has 1 heterocycles. The Kier molecular flexibility index (Phi) is 6.30. The molecule has 0 spiro atoms. The number of hydrogen-bond donors (Lipinski definition) is 1. The number of rotatable bonds is 4. The van der Waals surface area contributed by atoms with Crippen LogP contribution in [0.2, 0.25) is 0 Å². The van der Waals surface area contributed by atoms with Crippen molar-refractivity contribution < 1.29 is 51.6 Å². The molecule has 1 aromatic heterocycles. The molecule has 1 radical (unpaired) electrons. The molecule has 1 N–H and O–H groups in total. The van der Waals surface area contributed by atoms with E-state index in [0.717, 1.165) is 12.3 Å². The second kappa shape index (κ2) is 7.24. The number of hydrogen-bond acceptors (Lipinski definition) is 3. The van der Waals surface area contributed by atoms with E-state index in [1.165, 1.54) is 17.7 Å². The third-order valence-electron chi connectivity index (χ3n) is 3.11. The molecule has 23 heavy (non-hydrogen) atoms. The van der Waals surface area contributed by atoms with Gasteiger partial charge < -0.3 is 19.6 Å². The molecule has 0 aliphatic carbocycles. The normalized spacial score (nSPS) is 11.1. The van der Waals surface area contributed by atoms with Crippen molar-refractivity contribution >= 4 is 29.7 Å². The number of fused-ring (bicyclic) bond motifs is 1. The zero-order chi connectivity index (χ0) is 16.7. The fourth-order valence-electron chi connectivity index (χ4n) is 2.21. The van der Waals surface area contributed by atoms with E-state index in [1.807, 2.05) is 0 Å². The van der Waals surface area contributed by atoms with Crippen molar-refractivity contribution in [3.8, 4) is 0 Å². The van der Waals surface area contributed by atoms with Crippen LogP contribution in [0.1, 0.15) is 10.4 Å². The van der Waals surface area contributed by atoms with Crippen LogP contribution in [0.15, 0.2) is 23.1 Å². The van der Waals surface area contributed by atoms with Crippen molar-refractivity contribution in [2.24, 2.45) is 0 Å². The minimum Gasteiger partial charge on any atom is -0.684 e. The number of carboxylic acids is 1. The number of carboxylic acid groups (broad SMARTS) is 1. The van der Waals surface area contributed by atoms with E-state index in [4.69, 9.17) is 5.11 Å². The summed E-state index contributed by atoms with van der Waals surface area (Å²) < 4.78 is 27.3.